The molecular weight excluding hydrogens is 256 g/mol. The Morgan fingerprint density at radius 2 is 2.16 bits per heavy atom. The zero-order chi connectivity index (χ0) is 13.4. The first-order valence-electron chi connectivity index (χ1n) is 7.37. The third-order valence-electron chi connectivity index (χ3n) is 5.06. The highest BCUT2D eigenvalue weighted by molar-refractivity contribution is 6.33. The van der Waals surface area contributed by atoms with Crippen molar-refractivity contribution in [2.75, 3.05) is 18.5 Å². The Hall–Kier alpha value is -0.730. The summed E-state index contributed by atoms with van der Waals surface area (Å²) in [4.78, 5) is 2.33. The second-order valence-electron chi connectivity index (χ2n) is 6.27. The molecule has 19 heavy (non-hydrogen) atoms. The van der Waals surface area contributed by atoms with Crippen molar-refractivity contribution in [2.24, 2.45) is 23.5 Å². The molecule has 0 saturated heterocycles. The lowest BCUT2D eigenvalue weighted by Crippen LogP contribution is -2.29. The fourth-order valence-corrected chi connectivity index (χ4v) is 4.53. The van der Waals surface area contributed by atoms with Gasteiger partial charge in [-0.1, -0.05) is 30.2 Å². The van der Waals surface area contributed by atoms with Crippen LogP contribution in [0, 0.1) is 17.8 Å². The summed E-state index contributed by atoms with van der Waals surface area (Å²) < 4.78 is 0. The number of hydrogen-bond acceptors (Lipinski definition) is 2. The molecule has 2 saturated carbocycles. The van der Waals surface area contributed by atoms with E-state index in [1.54, 1.807) is 0 Å². The van der Waals surface area contributed by atoms with Crippen molar-refractivity contribution < 1.29 is 0 Å². The van der Waals surface area contributed by atoms with Crippen LogP contribution in [0.3, 0.4) is 0 Å². The fraction of sp³-hybridized carbons (Fsp3) is 0.625. The maximum absolute atomic E-state index is 6.37. The maximum atomic E-state index is 6.37. The minimum Gasteiger partial charge on any atom is -0.373 e. The topological polar surface area (TPSA) is 29.3 Å². The van der Waals surface area contributed by atoms with Crippen molar-refractivity contribution in [2.45, 2.75) is 32.2 Å². The summed E-state index contributed by atoms with van der Waals surface area (Å²) in [7, 11) is 2.16. The van der Waals surface area contributed by atoms with E-state index in [4.69, 9.17) is 17.3 Å². The summed E-state index contributed by atoms with van der Waals surface area (Å²) in [5, 5.41) is 0.827. The van der Waals surface area contributed by atoms with Gasteiger partial charge in [0.05, 0.1) is 10.7 Å². The molecule has 2 bridgehead atoms. The van der Waals surface area contributed by atoms with E-state index in [1.165, 1.54) is 25.7 Å². The fourth-order valence-electron chi connectivity index (χ4n) is 4.20. The Labute approximate surface area is 120 Å². The Kier molecular flexibility index (Phi) is 3.72. The predicted molar refractivity (Wildman–Crippen MR) is 81.6 cm³/mol. The summed E-state index contributed by atoms with van der Waals surface area (Å²) in [6.45, 7) is 1.68. The Balaban J connectivity index is 1.75. The van der Waals surface area contributed by atoms with Gasteiger partial charge in [0.1, 0.15) is 0 Å². The lowest BCUT2D eigenvalue weighted by Gasteiger charge is -2.30. The summed E-state index contributed by atoms with van der Waals surface area (Å²) in [6, 6.07) is 6.03. The van der Waals surface area contributed by atoms with E-state index >= 15 is 0 Å². The van der Waals surface area contributed by atoms with E-state index in [9.17, 15) is 0 Å². The molecule has 2 nitrogen and oxygen atoms in total. The van der Waals surface area contributed by atoms with Gasteiger partial charge in [-0.25, -0.2) is 0 Å². The largest absolute Gasteiger partial charge is 0.373 e. The Morgan fingerprint density at radius 3 is 2.79 bits per heavy atom. The molecule has 2 aliphatic carbocycles. The average Bonchev–Trinajstić information content (AvgIpc) is 3.00. The second-order valence-corrected chi connectivity index (χ2v) is 6.67. The molecule has 0 aliphatic heterocycles. The normalized spacial score (nSPS) is 28.9. The van der Waals surface area contributed by atoms with E-state index in [-0.39, 0.29) is 0 Å². The van der Waals surface area contributed by atoms with Crippen LogP contribution in [0.5, 0.6) is 0 Å². The number of nitrogens with two attached hydrogens (primary N) is 1. The molecule has 2 fully saturated rings. The van der Waals surface area contributed by atoms with Crippen molar-refractivity contribution >= 4 is 17.3 Å². The van der Waals surface area contributed by atoms with Crippen LogP contribution in [-0.4, -0.2) is 13.6 Å². The van der Waals surface area contributed by atoms with Crippen LogP contribution in [0.25, 0.3) is 0 Å². The van der Waals surface area contributed by atoms with E-state index < -0.39 is 0 Å². The second kappa shape index (κ2) is 5.34. The SMILES string of the molecule is CN(CC1CC2CCC1C2)c1c(Cl)cccc1CN. The number of halogens is 1. The van der Waals surface area contributed by atoms with E-state index in [2.05, 4.69) is 18.0 Å². The molecule has 0 aromatic heterocycles. The Bertz CT molecular complexity index is 460. The molecule has 3 rings (SSSR count). The van der Waals surface area contributed by atoms with Crippen molar-refractivity contribution in [3.63, 3.8) is 0 Å². The molecule has 104 valence electrons. The highest BCUT2D eigenvalue weighted by atomic mass is 35.5. The van der Waals surface area contributed by atoms with Gasteiger partial charge in [-0.2, -0.15) is 0 Å². The van der Waals surface area contributed by atoms with Crippen LogP contribution in [0.1, 0.15) is 31.2 Å². The molecule has 3 atom stereocenters. The number of hydrogen-bond donors (Lipinski definition) is 1. The van der Waals surface area contributed by atoms with Gasteiger partial charge in [-0.3, -0.25) is 0 Å². The smallest absolute Gasteiger partial charge is 0.0642 e. The minimum atomic E-state index is 0.553. The van der Waals surface area contributed by atoms with Crippen molar-refractivity contribution in [3.05, 3.63) is 28.8 Å². The van der Waals surface area contributed by atoms with Gasteiger partial charge in [-0.05, 0) is 48.6 Å². The molecule has 3 heteroatoms. The summed E-state index contributed by atoms with van der Waals surface area (Å²) in [5.41, 5.74) is 8.13. The molecule has 0 heterocycles. The predicted octanol–water partition coefficient (Wildman–Crippen LogP) is 3.67. The Morgan fingerprint density at radius 1 is 1.32 bits per heavy atom. The first-order chi connectivity index (χ1) is 9.19. The molecule has 1 aromatic carbocycles. The maximum Gasteiger partial charge on any atom is 0.0642 e. The first kappa shape index (κ1) is 13.3. The summed E-state index contributed by atoms with van der Waals surface area (Å²) >= 11 is 6.37. The van der Waals surface area contributed by atoms with Crippen molar-refractivity contribution in [3.8, 4) is 0 Å². The molecule has 3 unspecified atom stereocenters. The van der Waals surface area contributed by atoms with Gasteiger partial charge < -0.3 is 10.6 Å². The van der Waals surface area contributed by atoms with Crippen molar-refractivity contribution in [1.82, 2.24) is 0 Å². The highest BCUT2D eigenvalue weighted by Gasteiger charge is 2.39. The van der Waals surface area contributed by atoms with Gasteiger partial charge >= 0.3 is 0 Å². The number of benzene rings is 1. The lowest BCUT2D eigenvalue weighted by molar-refractivity contribution is 0.337. The zero-order valence-corrected chi connectivity index (χ0v) is 12.4. The lowest BCUT2D eigenvalue weighted by atomic mass is 9.88. The molecule has 0 amide bonds. The first-order valence-corrected chi connectivity index (χ1v) is 7.75. The van der Waals surface area contributed by atoms with Gasteiger partial charge in [0, 0.05) is 20.1 Å². The third-order valence-corrected chi connectivity index (χ3v) is 5.37. The van der Waals surface area contributed by atoms with Gasteiger partial charge in [0.2, 0.25) is 0 Å². The molecule has 0 spiro atoms. The highest BCUT2D eigenvalue weighted by Crippen LogP contribution is 2.48. The van der Waals surface area contributed by atoms with Crippen LogP contribution in [-0.2, 0) is 6.54 Å². The summed E-state index contributed by atoms with van der Waals surface area (Å²) in [5.74, 6) is 2.81. The number of rotatable bonds is 4. The zero-order valence-electron chi connectivity index (χ0n) is 11.6. The van der Waals surface area contributed by atoms with E-state index in [0.717, 1.165) is 40.6 Å². The number of nitrogens with zero attached hydrogens (tertiary/aromatic N) is 1. The van der Waals surface area contributed by atoms with E-state index in [0.29, 0.717) is 6.54 Å². The molecule has 0 radical (unpaired) electrons. The minimum absolute atomic E-state index is 0.553. The average molecular weight is 279 g/mol. The van der Waals surface area contributed by atoms with E-state index in [1.807, 2.05) is 12.1 Å². The molecule has 2 N–H and O–H groups in total. The summed E-state index contributed by atoms with van der Waals surface area (Å²) in [6.07, 6.45) is 5.78. The van der Waals surface area contributed by atoms with Gasteiger partial charge in [-0.15, -0.1) is 0 Å². The van der Waals surface area contributed by atoms with Gasteiger partial charge in [0.25, 0.3) is 0 Å². The van der Waals surface area contributed by atoms with Gasteiger partial charge in [0.15, 0.2) is 0 Å². The number of fused-ring (bicyclic) bond motifs is 2. The van der Waals surface area contributed by atoms with Crippen LogP contribution in [0.4, 0.5) is 5.69 Å². The van der Waals surface area contributed by atoms with Crippen LogP contribution >= 0.6 is 11.6 Å². The van der Waals surface area contributed by atoms with Crippen LogP contribution in [0.2, 0.25) is 5.02 Å². The monoisotopic (exact) mass is 278 g/mol. The van der Waals surface area contributed by atoms with Crippen LogP contribution in [0.15, 0.2) is 18.2 Å². The molecular formula is C16H23ClN2. The third kappa shape index (κ3) is 2.48. The number of anilines is 1. The molecule has 2 aliphatic rings. The quantitative estimate of drug-likeness (QED) is 0.910. The molecule has 1 aromatic rings. The number of para-hydroxylation sites is 1. The van der Waals surface area contributed by atoms with Crippen molar-refractivity contribution in [1.29, 1.82) is 0 Å². The van der Waals surface area contributed by atoms with Crippen LogP contribution < -0.4 is 10.6 Å². The standard InChI is InChI=1S/C16H23ClN2/c1-19(10-14-8-11-5-6-12(14)7-11)16-13(9-18)3-2-4-15(16)17/h2-4,11-12,14H,5-10,18H2,1H3.